The van der Waals surface area contributed by atoms with Gasteiger partial charge in [-0.25, -0.2) is 0 Å². The van der Waals surface area contributed by atoms with E-state index in [1.54, 1.807) is 11.0 Å². The van der Waals surface area contributed by atoms with Crippen LogP contribution in [0.2, 0.25) is 0 Å². The Morgan fingerprint density at radius 2 is 2.29 bits per heavy atom. The third-order valence-electron chi connectivity index (χ3n) is 4.06. The molecule has 3 rings (SSSR count). The number of hydrogen-bond donors (Lipinski definition) is 1. The molecular formula is C14H18BrN3O3. The van der Waals surface area contributed by atoms with E-state index >= 15 is 0 Å². The zero-order valence-electron chi connectivity index (χ0n) is 11.7. The maximum absolute atomic E-state index is 12.5. The highest BCUT2D eigenvalue weighted by Crippen LogP contribution is 2.23. The van der Waals surface area contributed by atoms with Gasteiger partial charge in [-0.05, 0) is 34.8 Å². The number of nitrogens with zero attached hydrogens (tertiary/aromatic N) is 2. The molecule has 2 saturated heterocycles. The Hall–Kier alpha value is -1.34. The molecule has 2 aliphatic rings. The smallest absolute Gasteiger partial charge is 0.290 e. The fourth-order valence-corrected chi connectivity index (χ4v) is 3.36. The molecule has 2 fully saturated rings. The Morgan fingerprint density at radius 3 is 3.00 bits per heavy atom. The Labute approximate surface area is 131 Å². The Morgan fingerprint density at radius 1 is 1.43 bits per heavy atom. The number of nitrogens with one attached hydrogen (secondary N) is 1. The molecule has 2 amide bonds. The third kappa shape index (κ3) is 2.98. The third-order valence-corrected chi connectivity index (χ3v) is 4.69. The number of amides is 2. The number of furan rings is 1. The van der Waals surface area contributed by atoms with E-state index in [0.29, 0.717) is 29.9 Å². The topological polar surface area (TPSA) is 65.8 Å². The summed E-state index contributed by atoms with van der Waals surface area (Å²) < 4.78 is 5.93. The number of likely N-dealkylation sites (tertiary alicyclic amines) is 1. The van der Waals surface area contributed by atoms with Crippen LogP contribution in [0.3, 0.4) is 0 Å². The van der Waals surface area contributed by atoms with Crippen LogP contribution in [0, 0.1) is 0 Å². The van der Waals surface area contributed by atoms with Gasteiger partial charge in [0.25, 0.3) is 5.91 Å². The minimum atomic E-state index is -0.112. The lowest BCUT2D eigenvalue weighted by Gasteiger charge is -2.40. The van der Waals surface area contributed by atoms with E-state index in [4.69, 9.17) is 4.42 Å². The van der Waals surface area contributed by atoms with Crippen molar-refractivity contribution in [3.63, 3.8) is 0 Å². The van der Waals surface area contributed by atoms with E-state index in [0.717, 1.165) is 25.9 Å². The second kappa shape index (κ2) is 6.19. The van der Waals surface area contributed by atoms with Gasteiger partial charge in [-0.2, -0.15) is 0 Å². The molecule has 1 unspecified atom stereocenters. The fraction of sp³-hybridized carbons (Fsp3) is 0.571. The van der Waals surface area contributed by atoms with Crippen LogP contribution < -0.4 is 5.32 Å². The summed E-state index contributed by atoms with van der Waals surface area (Å²) >= 11 is 3.32. The van der Waals surface area contributed by atoms with Crippen LogP contribution in [0.15, 0.2) is 21.2 Å². The maximum atomic E-state index is 12.5. The number of carbonyl (C=O) groups excluding carboxylic acids is 2. The molecule has 0 spiro atoms. The summed E-state index contributed by atoms with van der Waals surface area (Å²) in [6.07, 6.45) is 3.36. The Balaban J connectivity index is 1.69. The zero-order chi connectivity index (χ0) is 14.8. The van der Waals surface area contributed by atoms with Gasteiger partial charge in [0, 0.05) is 32.2 Å². The summed E-state index contributed by atoms with van der Waals surface area (Å²) in [5.41, 5.74) is 0. The van der Waals surface area contributed by atoms with Crippen molar-refractivity contribution in [2.24, 2.45) is 0 Å². The molecule has 114 valence electrons. The quantitative estimate of drug-likeness (QED) is 0.861. The molecule has 1 N–H and O–H groups in total. The molecule has 0 aliphatic carbocycles. The monoisotopic (exact) mass is 355 g/mol. The van der Waals surface area contributed by atoms with Gasteiger partial charge in [-0.1, -0.05) is 0 Å². The number of piperazine rings is 1. The van der Waals surface area contributed by atoms with Crippen LogP contribution in [0.5, 0.6) is 0 Å². The largest absolute Gasteiger partial charge is 0.458 e. The van der Waals surface area contributed by atoms with E-state index in [9.17, 15) is 9.59 Å². The van der Waals surface area contributed by atoms with Crippen molar-refractivity contribution >= 4 is 27.7 Å². The molecule has 1 aromatic heterocycles. The van der Waals surface area contributed by atoms with Crippen LogP contribution >= 0.6 is 15.9 Å². The average Bonchev–Trinajstić information content (AvgIpc) is 2.93. The summed E-state index contributed by atoms with van der Waals surface area (Å²) in [4.78, 5) is 28.2. The van der Waals surface area contributed by atoms with Crippen LogP contribution in [0.4, 0.5) is 0 Å². The van der Waals surface area contributed by atoms with Gasteiger partial charge in [0.15, 0.2) is 0 Å². The van der Waals surface area contributed by atoms with Crippen molar-refractivity contribution in [1.29, 1.82) is 0 Å². The predicted molar refractivity (Wildman–Crippen MR) is 79.9 cm³/mol. The first-order valence-electron chi connectivity index (χ1n) is 7.19. The van der Waals surface area contributed by atoms with Crippen molar-refractivity contribution in [2.75, 3.05) is 32.7 Å². The number of carbonyl (C=O) groups is 2. The van der Waals surface area contributed by atoms with Crippen LogP contribution in [-0.2, 0) is 4.79 Å². The number of rotatable bonds is 2. The molecule has 6 nitrogen and oxygen atoms in total. The van der Waals surface area contributed by atoms with Crippen molar-refractivity contribution in [3.8, 4) is 0 Å². The minimum Gasteiger partial charge on any atom is -0.458 e. The molecule has 0 aromatic carbocycles. The summed E-state index contributed by atoms with van der Waals surface area (Å²) in [7, 11) is 0. The molecule has 0 bridgehead atoms. The lowest BCUT2D eigenvalue weighted by atomic mass is 10.0. The molecule has 7 heteroatoms. The molecule has 3 heterocycles. The van der Waals surface area contributed by atoms with Gasteiger partial charge in [-0.15, -0.1) is 0 Å². The highest BCUT2D eigenvalue weighted by Gasteiger charge is 2.33. The van der Waals surface area contributed by atoms with E-state index < -0.39 is 0 Å². The van der Waals surface area contributed by atoms with Gasteiger partial charge < -0.3 is 19.5 Å². The Kier molecular flexibility index (Phi) is 4.30. The van der Waals surface area contributed by atoms with E-state index in [1.807, 2.05) is 4.90 Å². The first kappa shape index (κ1) is 14.6. The second-order valence-electron chi connectivity index (χ2n) is 5.41. The molecule has 1 atom stereocenters. The summed E-state index contributed by atoms with van der Waals surface area (Å²) in [6, 6.07) is 1.83. The molecule has 2 aliphatic heterocycles. The van der Waals surface area contributed by atoms with E-state index in [2.05, 4.69) is 21.2 Å². The summed E-state index contributed by atoms with van der Waals surface area (Å²) in [5, 5.41) is 3.07. The van der Waals surface area contributed by atoms with Gasteiger partial charge in [0.05, 0.1) is 17.3 Å². The van der Waals surface area contributed by atoms with Crippen LogP contribution in [-0.4, -0.2) is 60.4 Å². The SMILES string of the molecule is O=C(c1occc1Br)N1CCCC(N2CCNCC2=O)C1. The summed E-state index contributed by atoms with van der Waals surface area (Å²) in [5.74, 6) is 0.348. The van der Waals surface area contributed by atoms with Gasteiger partial charge in [0.1, 0.15) is 0 Å². The Bertz CT molecular complexity index is 545. The van der Waals surface area contributed by atoms with Crippen molar-refractivity contribution in [2.45, 2.75) is 18.9 Å². The van der Waals surface area contributed by atoms with Gasteiger partial charge in [-0.3, -0.25) is 9.59 Å². The first-order chi connectivity index (χ1) is 10.2. The molecule has 1 aromatic rings. The van der Waals surface area contributed by atoms with Crippen molar-refractivity contribution in [1.82, 2.24) is 15.1 Å². The first-order valence-corrected chi connectivity index (χ1v) is 7.98. The van der Waals surface area contributed by atoms with Crippen molar-refractivity contribution < 1.29 is 14.0 Å². The lowest BCUT2D eigenvalue weighted by Crippen LogP contribution is -2.57. The standard InChI is InChI=1S/C14H18BrN3O3/c15-11-3-7-21-13(11)14(20)17-5-1-2-10(9-17)18-6-4-16-8-12(18)19/h3,7,10,16H,1-2,4-6,8-9H2. The van der Waals surface area contributed by atoms with Crippen LogP contribution in [0.1, 0.15) is 23.4 Å². The predicted octanol–water partition coefficient (Wildman–Crippen LogP) is 1.08. The molecule has 0 radical (unpaired) electrons. The van der Waals surface area contributed by atoms with E-state index in [-0.39, 0.29) is 17.9 Å². The average molecular weight is 356 g/mol. The van der Waals surface area contributed by atoms with Crippen LogP contribution in [0.25, 0.3) is 0 Å². The second-order valence-corrected chi connectivity index (χ2v) is 6.26. The van der Waals surface area contributed by atoms with Gasteiger partial charge >= 0.3 is 0 Å². The molecular weight excluding hydrogens is 338 g/mol. The number of hydrogen-bond acceptors (Lipinski definition) is 4. The fourth-order valence-electron chi connectivity index (χ4n) is 2.99. The van der Waals surface area contributed by atoms with Crippen molar-refractivity contribution in [3.05, 3.63) is 22.6 Å². The number of piperidine rings is 1. The van der Waals surface area contributed by atoms with E-state index in [1.165, 1.54) is 6.26 Å². The summed E-state index contributed by atoms with van der Waals surface area (Å²) in [6.45, 7) is 3.23. The number of halogens is 1. The molecule has 0 saturated carbocycles. The highest BCUT2D eigenvalue weighted by atomic mass is 79.9. The lowest BCUT2D eigenvalue weighted by molar-refractivity contribution is -0.135. The zero-order valence-corrected chi connectivity index (χ0v) is 13.3. The normalized spacial score (nSPS) is 23.5. The molecule has 21 heavy (non-hydrogen) atoms. The maximum Gasteiger partial charge on any atom is 0.290 e. The van der Waals surface area contributed by atoms with Gasteiger partial charge in [0.2, 0.25) is 11.7 Å². The minimum absolute atomic E-state index is 0.112. The highest BCUT2D eigenvalue weighted by molar-refractivity contribution is 9.10.